The molecule has 1 N–H and O–H groups in total. The smallest absolute Gasteiger partial charge is 0.222 e. The molecule has 0 aliphatic rings. The van der Waals surface area contributed by atoms with Crippen LogP contribution in [0.15, 0.2) is 41.4 Å². The maximum absolute atomic E-state index is 11.0. The van der Waals surface area contributed by atoms with E-state index < -0.39 is 0 Å². The Balaban J connectivity index is 2.46. The first-order valence-electron chi connectivity index (χ1n) is 5.45. The largest absolute Gasteiger partial charge is 0.309 e. The van der Waals surface area contributed by atoms with Gasteiger partial charge in [0.2, 0.25) is 5.91 Å². The van der Waals surface area contributed by atoms with Gasteiger partial charge in [0.1, 0.15) is 5.03 Å². The topological polar surface area (TPSA) is 54.9 Å². The van der Waals surface area contributed by atoms with E-state index in [4.69, 9.17) is 0 Å². The van der Waals surface area contributed by atoms with Gasteiger partial charge in [-0.3, -0.25) is 4.79 Å². The van der Waals surface area contributed by atoms with E-state index >= 15 is 0 Å². The number of benzene rings is 1. The van der Waals surface area contributed by atoms with Crippen LogP contribution in [-0.4, -0.2) is 22.4 Å². The van der Waals surface area contributed by atoms with Gasteiger partial charge in [0, 0.05) is 12.5 Å². The molecule has 0 bridgehead atoms. The molecule has 0 unspecified atom stereocenters. The molecule has 1 aromatic carbocycles. The molecule has 0 saturated heterocycles. The molecule has 0 radical (unpaired) electrons. The molecular formula is C13H13N3OS. The molecule has 0 aliphatic heterocycles. The van der Waals surface area contributed by atoms with E-state index in [1.54, 1.807) is 0 Å². The highest BCUT2D eigenvalue weighted by molar-refractivity contribution is 7.98. The van der Waals surface area contributed by atoms with Gasteiger partial charge in [0.15, 0.2) is 5.82 Å². The van der Waals surface area contributed by atoms with Crippen LogP contribution >= 0.6 is 11.8 Å². The number of hydrogen-bond donors (Lipinski definition) is 1. The maximum Gasteiger partial charge on any atom is 0.222 e. The number of anilines is 1. The summed E-state index contributed by atoms with van der Waals surface area (Å²) in [5.41, 5.74) is 2.03. The minimum atomic E-state index is -0.153. The highest BCUT2D eigenvalue weighted by Crippen LogP contribution is 2.29. The Kier molecular flexibility index (Phi) is 3.94. The summed E-state index contributed by atoms with van der Waals surface area (Å²) < 4.78 is 0. The molecule has 0 fully saturated rings. The summed E-state index contributed by atoms with van der Waals surface area (Å²) in [6, 6.07) is 11.8. The predicted octanol–water partition coefficient (Wildman–Crippen LogP) is 2.82. The van der Waals surface area contributed by atoms with Crippen molar-refractivity contribution in [1.82, 2.24) is 10.2 Å². The molecule has 2 rings (SSSR count). The van der Waals surface area contributed by atoms with E-state index in [-0.39, 0.29) is 5.91 Å². The van der Waals surface area contributed by atoms with Crippen molar-refractivity contribution in [2.45, 2.75) is 11.9 Å². The van der Waals surface area contributed by atoms with E-state index in [0.717, 1.165) is 16.2 Å². The van der Waals surface area contributed by atoms with Crippen LogP contribution in [0, 0.1) is 0 Å². The Hall–Kier alpha value is -1.88. The zero-order chi connectivity index (χ0) is 13.0. The Morgan fingerprint density at radius 1 is 1.22 bits per heavy atom. The molecule has 2 aromatic rings. The first kappa shape index (κ1) is 12.6. The van der Waals surface area contributed by atoms with Crippen molar-refractivity contribution in [1.29, 1.82) is 0 Å². The zero-order valence-corrected chi connectivity index (χ0v) is 11.0. The van der Waals surface area contributed by atoms with Crippen LogP contribution in [0.1, 0.15) is 6.92 Å². The number of carbonyl (C=O) groups excluding carboxylic acids is 1. The van der Waals surface area contributed by atoms with Crippen molar-refractivity contribution in [3.05, 3.63) is 36.4 Å². The average Bonchev–Trinajstić information content (AvgIpc) is 2.39. The molecule has 1 amide bonds. The van der Waals surface area contributed by atoms with Crippen LogP contribution in [0.25, 0.3) is 11.1 Å². The van der Waals surface area contributed by atoms with Gasteiger partial charge >= 0.3 is 0 Å². The molecule has 92 valence electrons. The Labute approximate surface area is 110 Å². The highest BCUT2D eigenvalue weighted by Gasteiger charge is 2.09. The number of carbonyl (C=O) groups is 1. The summed E-state index contributed by atoms with van der Waals surface area (Å²) in [6.07, 6.45) is 1.95. The normalized spacial score (nSPS) is 10.1. The van der Waals surface area contributed by atoms with Gasteiger partial charge < -0.3 is 5.32 Å². The van der Waals surface area contributed by atoms with Crippen LogP contribution in [-0.2, 0) is 4.79 Å². The third-order valence-corrected chi connectivity index (χ3v) is 3.03. The van der Waals surface area contributed by atoms with E-state index in [2.05, 4.69) is 15.5 Å². The summed E-state index contributed by atoms with van der Waals surface area (Å²) in [6.45, 7) is 1.45. The van der Waals surface area contributed by atoms with Crippen molar-refractivity contribution in [2.75, 3.05) is 11.6 Å². The molecule has 0 spiro atoms. The fourth-order valence-corrected chi connectivity index (χ4v) is 2.12. The molecule has 1 heterocycles. The molecule has 0 saturated carbocycles. The van der Waals surface area contributed by atoms with Crippen molar-refractivity contribution in [3.63, 3.8) is 0 Å². The first-order valence-corrected chi connectivity index (χ1v) is 6.68. The molecule has 0 aliphatic carbocycles. The van der Waals surface area contributed by atoms with Crippen LogP contribution in [0.4, 0.5) is 5.82 Å². The summed E-state index contributed by atoms with van der Waals surface area (Å²) in [7, 11) is 0. The van der Waals surface area contributed by atoms with Crippen LogP contribution in [0.3, 0.4) is 0 Å². The van der Waals surface area contributed by atoms with Crippen LogP contribution < -0.4 is 5.32 Å². The third kappa shape index (κ3) is 2.87. The number of hydrogen-bond acceptors (Lipinski definition) is 4. The Morgan fingerprint density at radius 2 is 1.94 bits per heavy atom. The Bertz CT molecular complexity index is 557. The lowest BCUT2D eigenvalue weighted by Gasteiger charge is -2.08. The van der Waals surface area contributed by atoms with Gasteiger partial charge in [-0.1, -0.05) is 30.3 Å². The van der Waals surface area contributed by atoms with Gasteiger partial charge in [0.05, 0.1) is 0 Å². The van der Waals surface area contributed by atoms with E-state index in [0.29, 0.717) is 5.82 Å². The standard InChI is InChI=1S/C13H13N3OS/c1-9(17)14-12-8-11(13(18-2)16-15-12)10-6-4-3-5-7-10/h3-8H,1-2H3,(H,14,15,17). The third-order valence-electron chi connectivity index (χ3n) is 2.34. The van der Waals surface area contributed by atoms with Crippen LogP contribution in [0.2, 0.25) is 0 Å². The molecule has 1 aromatic heterocycles. The molecular weight excluding hydrogens is 246 g/mol. The van der Waals surface area contributed by atoms with E-state index in [1.165, 1.54) is 18.7 Å². The van der Waals surface area contributed by atoms with E-state index in [9.17, 15) is 4.79 Å². The van der Waals surface area contributed by atoms with Crippen molar-refractivity contribution >= 4 is 23.5 Å². The van der Waals surface area contributed by atoms with Gasteiger partial charge in [-0.2, -0.15) is 0 Å². The SMILES string of the molecule is CSc1nnc(NC(C)=O)cc1-c1ccccc1. The monoisotopic (exact) mass is 259 g/mol. The van der Waals surface area contributed by atoms with Crippen molar-refractivity contribution in [3.8, 4) is 11.1 Å². The second-order valence-corrected chi connectivity index (χ2v) is 4.49. The van der Waals surface area contributed by atoms with Gasteiger partial charge in [-0.05, 0) is 17.9 Å². The number of amides is 1. The van der Waals surface area contributed by atoms with Gasteiger partial charge in [0.25, 0.3) is 0 Å². The van der Waals surface area contributed by atoms with E-state index in [1.807, 2.05) is 42.7 Å². The lowest BCUT2D eigenvalue weighted by molar-refractivity contribution is -0.114. The Morgan fingerprint density at radius 3 is 2.56 bits per heavy atom. The lowest BCUT2D eigenvalue weighted by Crippen LogP contribution is -2.08. The first-order chi connectivity index (χ1) is 8.70. The minimum Gasteiger partial charge on any atom is -0.309 e. The summed E-state index contributed by atoms with van der Waals surface area (Å²) in [5.74, 6) is 0.319. The molecule has 5 heteroatoms. The number of thioether (sulfide) groups is 1. The summed E-state index contributed by atoms with van der Waals surface area (Å²) in [5, 5.41) is 11.6. The van der Waals surface area contributed by atoms with Crippen LogP contribution in [0.5, 0.6) is 0 Å². The predicted molar refractivity (Wildman–Crippen MR) is 73.6 cm³/mol. The fraction of sp³-hybridized carbons (Fsp3) is 0.154. The summed E-state index contributed by atoms with van der Waals surface area (Å²) in [4.78, 5) is 11.0. The lowest BCUT2D eigenvalue weighted by atomic mass is 10.1. The highest BCUT2D eigenvalue weighted by atomic mass is 32.2. The van der Waals surface area contributed by atoms with Crippen molar-refractivity contribution in [2.24, 2.45) is 0 Å². The summed E-state index contributed by atoms with van der Waals surface area (Å²) >= 11 is 1.53. The molecule has 0 atom stereocenters. The average molecular weight is 259 g/mol. The number of nitrogens with one attached hydrogen (secondary N) is 1. The number of nitrogens with zero attached hydrogens (tertiary/aromatic N) is 2. The quantitative estimate of drug-likeness (QED) is 0.861. The fourth-order valence-electron chi connectivity index (χ4n) is 1.60. The van der Waals surface area contributed by atoms with Crippen molar-refractivity contribution < 1.29 is 4.79 Å². The number of rotatable bonds is 3. The second kappa shape index (κ2) is 5.64. The second-order valence-electron chi connectivity index (χ2n) is 3.70. The van der Waals surface area contributed by atoms with Gasteiger partial charge in [-0.25, -0.2) is 0 Å². The zero-order valence-electron chi connectivity index (χ0n) is 10.2. The molecule has 18 heavy (non-hydrogen) atoms. The minimum absolute atomic E-state index is 0.153. The van der Waals surface area contributed by atoms with Gasteiger partial charge in [-0.15, -0.1) is 22.0 Å². The molecule has 4 nitrogen and oxygen atoms in total. The maximum atomic E-state index is 11.0. The number of aromatic nitrogens is 2.